The average Bonchev–Trinajstić information content (AvgIpc) is 2.27. The molecule has 3 nitrogen and oxygen atoms in total. The van der Waals surface area contributed by atoms with Crippen molar-refractivity contribution in [1.82, 2.24) is 5.32 Å². The number of rotatable bonds is 3. The zero-order valence-electron chi connectivity index (χ0n) is 11.0. The standard InChI is InChI=1S/C12H12F6N2O/c1-7-3-5-9(6-4-7)20-10(11(13,14)15,12(16,17)18)19-8(2)21/h3-6,20H,1-2H3,(H,19,21). The number of carbonyl (C=O) groups is 1. The number of benzene rings is 1. The van der Waals surface area contributed by atoms with Crippen LogP contribution >= 0.6 is 0 Å². The van der Waals surface area contributed by atoms with Gasteiger partial charge in [0.2, 0.25) is 5.91 Å². The molecule has 1 aromatic rings. The lowest BCUT2D eigenvalue weighted by Gasteiger charge is -2.38. The van der Waals surface area contributed by atoms with Gasteiger partial charge >= 0.3 is 18.0 Å². The maximum atomic E-state index is 13.0. The Morgan fingerprint density at radius 3 is 1.71 bits per heavy atom. The lowest BCUT2D eigenvalue weighted by molar-refractivity contribution is -0.295. The van der Waals surface area contributed by atoms with Crippen LogP contribution in [0.3, 0.4) is 0 Å². The summed E-state index contributed by atoms with van der Waals surface area (Å²) in [5.74, 6) is -1.47. The van der Waals surface area contributed by atoms with E-state index in [9.17, 15) is 31.1 Å². The minimum absolute atomic E-state index is 0.427. The summed E-state index contributed by atoms with van der Waals surface area (Å²) >= 11 is 0. The van der Waals surface area contributed by atoms with Crippen molar-refractivity contribution in [3.05, 3.63) is 29.8 Å². The van der Waals surface area contributed by atoms with Gasteiger partial charge in [0.05, 0.1) is 0 Å². The van der Waals surface area contributed by atoms with Crippen LogP contribution in [-0.2, 0) is 4.79 Å². The number of carbonyl (C=O) groups excluding carboxylic acids is 1. The third kappa shape index (κ3) is 3.59. The Morgan fingerprint density at radius 2 is 1.38 bits per heavy atom. The van der Waals surface area contributed by atoms with Crippen molar-refractivity contribution in [2.75, 3.05) is 5.32 Å². The Kier molecular flexibility index (Phi) is 4.45. The van der Waals surface area contributed by atoms with Gasteiger partial charge in [-0.1, -0.05) is 17.7 Å². The molecule has 0 aliphatic rings. The van der Waals surface area contributed by atoms with Crippen LogP contribution in [-0.4, -0.2) is 23.9 Å². The van der Waals surface area contributed by atoms with E-state index in [4.69, 9.17) is 0 Å². The average molecular weight is 314 g/mol. The summed E-state index contributed by atoms with van der Waals surface area (Å²) in [5, 5.41) is 2.29. The van der Waals surface area contributed by atoms with Crippen molar-refractivity contribution in [3.8, 4) is 0 Å². The molecule has 0 fully saturated rings. The van der Waals surface area contributed by atoms with E-state index in [2.05, 4.69) is 0 Å². The van der Waals surface area contributed by atoms with Crippen LogP contribution in [0, 0.1) is 6.92 Å². The van der Waals surface area contributed by atoms with Gasteiger partial charge in [-0.05, 0) is 19.1 Å². The van der Waals surface area contributed by atoms with Gasteiger partial charge in [-0.15, -0.1) is 0 Å². The normalized spacial score (nSPS) is 13.0. The van der Waals surface area contributed by atoms with E-state index in [-0.39, 0.29) is 0 Å². The predicted molar refractivity (Wildman–Crippen MR) is 63.5 cm³/mol. The summed E-state index contributed by atoms with van der Waals surface area (Å²) in [6.45, 7) is 2.20. The Balaban J connectivity index is 3.35. The number of alkyl halides is 6. The number of aryl methyl sites for hydroxylation is 1. The van der Waals surface area contributed by atoms with Crippen molar-refractivity contribution in [1.29, 1.82) is 0 Å². The molecule has 1 aromatic carbocycles. The molecule has 0 bridgehead atoms. The molecule has 1 amide bonds. The first-order valence-corrected chi connectivity index (χ1v) is 5.66. The second kappa shape index (κ2) is 5.45. The predicted octanol–water partition coefficient (Wildman–Crippen LogP) is 3.36. The van der Waals surface area contributed by atoms with Crippen molar-refractivity contribution in [3.63, 3.8) is 0 Å². The van der Waals surface area contributed by atoms with Crippen LogP contribution in [0.25, 0.3) is 0 Å². The third-order valence-corrected chi connectivity index (χ3v) is 2.60. The molecule has 0 heterocycles. The second-order valence-electron chi connectivity index (χ2n) is 4.42. The van der Waals surface area contributed by atoms with Crippen LogP contribution in [0.1, 0.15) is 12.5 Å². The van der Waals surface area contributed by atoms with Crippen molar-refractivity contribution >= 4 is 11.6 Å². The van der Waals surface area contributed by atoms with E-state index in [1.54, 1.807) is 6.92 Å². The fourth-order valence-electron chi connectivity index (χ4n) is 1.59. The maximum Gasteiger partial charge on any atom is 0.439 e. The van der Waals surface area contributed by atoms with Crippen LogP contribution in [0.2, 0.25) is 0 Å². The molecule has 1 rings (SSSR count). The first-order chi connectivity index (χ1) is 9.39. The molecule has 0 radical (unpaired) electrons. The van der Waals surface area contributed by atoms with Crippen LogP contribution < -0.4 is 10.6 Å². The van der Waals surface area contributed by atoms with Crippen LogP contribution in [0.4, 0.5) is 32.0 Å². The molecule has 0 aliphatic heterocycles. The zero-order valence-corrected chi connectivity index (χ0v) is 11.0. The molecule has 0 aromatic heterocycles. The van der Waals surface area contributed by atoms with Crippen molar-refractivity contribution in [2.45, 2.75) is 31.9 Å². The Morgan fingerprint density at radius 1 is 0.952 bits per heavy atom. The van der Waals surface area contributed by atoms with Gasteiger partial charge in [0, 0.05) is 12.6 Å². The molecule has 0 spiro atoms. The highest BCUT2D eigenvalue weighted by Crippen LogP contribution is 2.43. The maximum absolute atomic E-state index is 13.0. The Bertz CT molecular complexity index is 492. The number of nitrogens with one attached hydrogen (secondary N) is 2. The van der Waals surface area contributed by atoms with Gasteiger partial charge in [0.25, 0.3) is 0 Å². The molecule has 0 saturated heterocycles. The van der Waals surface area contributed by atoms with Gasteiger partial charge in [-0.3, -0.25) is 4.79 Å². The van der Waals surface area contributed by atoms with E-state index < -0.39 is 29.6 Å². The van der Waals surface area contributed by atoms with Crippen molar-refractivity contribution in [2.24, 2.45) is 0 Å². The lowest BCUT2D eigenvalue weighted by Crippen LogP contribution is -2.71. The Hall–Kier alpha value is -1.93. The van der Waals surface area contributed by atoms with E-state index in [1.165, 1.54) is 17.4 Å². The summed E-state index contributed by atoms with van der Waals surface area (Å²) in [6, 6.07) is 4.80. The SMILES string of the molecule is CC(=O)NC(Nc1ccc(C)cc1)(C(F)(F)F)C(F)(F)F. The number of anilines is 1. The number of amides is 1. The van der Waals surface area contributed by atoms with Crippen LogP contribution in [0.5, 0.6) is 0 Å². The molecule has 9 heteroatoms. The minimum atomic E-state index is -5.79. The first kappa shape index (κ1) is 17.1. The third-order valence-electron chi connectivity index (χ3n) is 2.60. The van der Waals surface area contributed by atoms with Gasteiger partial charge in [0.15, 0.2) is 0 Å². The molecular formula is C12H12F6N2O. The number of halogens is 6. The van der Waals surface area contributed by atoms with Crippen LogP contribution in [0.15, 0.2) is 24.3 Å². The fourth-order valence-corrected chi connectivity index (χ4v) is 1.59. The first-order valence-electron chi connectivity index (χ1n) is 5.66. The lowest BCUT2D eigenvalue weighted by atomic mass is 10.1. The topological polar surface area (TPSA) is 41.1 Å². The van der Waals surface area contributed by atoms with E-state index >= 15 is 0 Å². The minimum Gasteiger partial charge on any atom is -0.348 e. The van der Waals surface area contributed by atoms with Crippen molar-refractivity contribution < 1.29 is 31.1 Å². The van der Waals surface area contributed by atoms with Gasteiger partial charge in [0.1, 0.15) is 0 Å². The van der Waals surface area contributed by atoms with Gasteiger partial charge in [-0.25, -0.2) is 0 Å². The molecular weight excluding hydrogens is 302 g/mol. The summed E-state index contributed by atoms with van der Waals surface area (Å²) in [4.78, 5) is 10.8. The number of hydrogen-bond acceptors (Lipinski definition) is 2. The fraction of sp³-hybridized carbons (Fsp3) is 0.417. The van der Waals surface area contributed by atoms with E-state index in [1.807, 2.05) is 0 Å². The highest BCUT2D eigenvalue weighted by atomic mass is 19.4. The summed E-state index contributed by atoms with van der Waals surface area (Å²) in [6.07, 6.45) is -11.6. The molecule has 21 heavy (non-hydrogen) atoms. The smallest absolute Gasteiger partial charge is 0.348 e. The summed E-state index contributed by atoms with van der Waals surface area (Å²) in [7, 11) is 0. The summed E-state index contributed by atoms with van der Waals surface area (Å²) < 4.78 is 78.0. The highest BCUT2D eigenvalue weighted by molar-refractivity contribution is 5.75. The molecule has 0 aliphatic carbocycles. The second-order valence-corrected chi connectivity index (χ2v) is 4.42. The van der Waals surface area contributed by atoms with E-state index in [0.29, 0.717) is 12.5 Å². The van der Waals surface area contributed by atoms with Gasteiger partial charge in [-0.2, -0.15) is 26.3 Å². The molecule has 0 unspecified atom stereocenters. The summed E-state index contributed by atoms with van der Waals surface area (Å²) in [5.41, 5.74) is -4.32. The largest absolute Gasteiger partial charge is 0.439 e. The van der Waals surface area contributed by atoms with E-state index in [0.717, 1.165) is 17.4 Å². The number of hydrogen-bond donors (Lipinski definition) is 2. The molecule has 0 atom stereocenters. The molecule has 0 saturated carbocycles. The monoisotopic (exact) mass is 314 g/mol. The quantitative estimate of drug-likeness (QED) is 0.663. The molecule has 2 N–H and O–H groups in total. The highest BCUT2D eigenvalue weighted by Gasteiger charge is 2.72. The zero-order chi connectivity index (χ0) is 16.5. The Labute approximate surface area is 116 Å². The van der Waals surface area contributed by atoms with Gasteiger partial charge < -0.3 is 10.6 Å². The molecule has 118 valence electrons.